The van der Waals surface area contributed by atoms with Crippen molar-refractivity contribution in [3.63, 3.8) is 0 Å². The third-order valence-electron chi connectivity index (χ3n) is 6.85. The lowest BCUT2D eigenvalue weighted by Crippen LogP contribution is -2.57. The summed E-state index contributed by atoms with van der Waals surface area (Å²) in [6.45, 7) is 3.34. The second-order valence-corrected chi connectivity index (χ2v) is 11.1. The highest BCUT2D eigenvalue weighted by Gasteiger charge is 2.58. The van der Waals surface area contributed by atoms with Gasteiger partial charge in [0, 0.05) is 37.4 Å². The van der Waals surface area contributed by atoms with Gasteiger partial charge in [-0.25, -0.2) is 8.78 Å². The molecule has 2 aliphatic heterocycles. The number of Topliss-reactive ketones (excluding diaryl/α,β-unsaturated/α-hetero) is 1. The molecule has 214 valence electrons. The lowest BCUT2D eigenvalue weighted by molar-refractivity contribution is -0.321. The van der Waals surface area contributed by atoms with E-state index in [1.54, 1.807) is 20.8 Å². The van der Waals surface area contributed by atoms with Gasteiger partial charge in [-0.05, 0) is 45.4 Å². The molecule has 2 saturated heterocycles. The SMILES string of the molecule is CC(C)(C)NC(=O)C(=O)N1C[C@@H]2CC(F)(F)C[C@@H]2[C@H]1C(=O)NC(C[C@@H]1CCNC1=O)C(=O)COC(F)(F)F. The molecule has 1 unspecified atom stereocenters. The van der Waals surface area contributed by atoms with E-state index in [1.807, 2.05) is 0 Å². The summed E-state index contributed by atoms with van der Waals surface area (Å²) in [5.74, 6) is -10.7. The molecular weight excluding hydrogens is 523 g/mol. The Bertz CT molecular complexity index is 982. The first-order chi connectivity index (χ1) is 17.4. The summed E-state index contributed by atoms with van der Waals surface area (Å²) >= 11 is 0. The van der Waals surface area contributed by atoms with E-state index in [9.17, 15) is 45.9 Å². The number of fused-ring (bicyclic) bond motifs is 1. The molecule has 38 heavy (non-hydrogen) atoms. The highest BCUT2D eigenvalue weighted by Crippen LogP contribution is 2.49. The minimum absolute atomic E-state index is 0.260. The molecule has 0 aromatic rings. The van der Waals surface area contributed by atoms with Crippen LogP contribution in [0.4, 0.5) is 22.0 Å². The van der Waals surface area contributed by atoms with Crippen LogP contribution in [-0.2, 0) is 28.7 Å². The quantitative estimate of drug-likeness (QED) is 0.316. The Morgan fingerprint density at radius 3 is 2.37 bits per heavy atom. The predicted octanol–water partition coefficient (Wildman–Crippen LogP) is 0.890. The Morgan fingerprint density at radius 1 is 1.16 bits per heavy atom. The van der Waals surface area contributed by atoms with Crippen molar-refractivity contribution < 1.29 is 50.7 Å². The summed E-state index contributed by atoms with van der Waals surface area (Å²) in [6, 6.07) is -3.19. The normalized spacial score (nSPS) is 27.5. The van der Waals surface area contributed by atoms with Crippen LogP contribution < -0.4 is 16.0 Å². The number of carbonyl (C=O) groups is 5. The summed E-state index contributed by atoms with van der Waals surface area (Å²) < 4.78 is 69.6. The Labute approximate surface area is 215 Å². The van der Waals surface area contributed by atoms with Crippen molar-refractivity contribution in [2.45, 2.75) is 76.4 Å². The summed E-state index contributed by atoms with van der Waals surface area (Å²) in [5.41, 5.74) is -0.815. The fraction of sp³-hybridized carbons (Fsp3) is 0.783. The molecule has 0 aromatic carbocycles. The number of hydrogen-bond donors (Lipinski definition) is 3. The van der Waals surface area contributed by atoms with Crippen LogP contribution >= 0.6 is 0 Å². The summed E-state index contributed by atoms with van der Waals surface area (Å²) in [6.07, 6.45) is -6.59. The number of ether oxygens (including phenoxy) is 1. The molecule has 1 saturated carbocycles. The molecule has 0 radical (unpaired) electrons. The molecule has 5 atom stereocenters. The number of alkyl halides is 5. The number of nitrogens with one attached hydrogen (secondary N) is 3. The molecular formula is C23H31F5N4O6. The van der Waals surface area contributed by atoms with E-state index in [4.69, 9.17) is 0 Å². The van der Waals surface area contributed by atoms with E-state index in [1.165, 1.54) is 0 Å². The van der Waals surface area contributed by atoms with Crippen molar-refractivity contribution in [2.75, 3.05) is 19.7 Å². The lowest BCUT2D eigenvalue weighted by atomic mass is 9.92. The van der Waals surface area contributed by atoms with Crippen molar-refractivity contribution in [3.8, 4) is 0 Å². The molecule has 10 nitrogen and oxygen atoms in total. The Balaban J connectivity index is 1.84. The van der Waals surface area contributed by atoms with Crippen molar-refractivity contribution in [3.05, 3.63) is 0 Å². The minimum atomic E-state index is -5.13. The maximum Gasteiger partial charge on any atom is 0.522 e. The molecule has 1 aliphatic carbocycles. The molecule has 3 fully saturated rings. The highest BCUT2D eigenvalue weighted by atomic mass is 19.4. The van der Waals surface area contributed by atoms with Crippen LogP contribution in [0.15, 0.2) is 0 Å². The monoisotopic (exact) mass is 554 g/mol. The molecule has 0 bridgehead atoms. The minimum Gasteiger partial charge on any atom is -0.356 e. The van der Waals surface area contributed by atoms with Crippen molar-refractivity contribution in [2.24, 2.45) is 17.8 Å². The van der Waals surface area contributed by atoms with Gasteiger partial charge in [0.1, 0.15) is 12.6 Å². The van der Waals surface area contributed by atoms with Gasteiger partial charge in [-0.1, -0.05) is 0 Å². The van der Waals surface area contributed by atoms with Gasteiger partial charge in [-0.3, -0.25) is 28.7 Å². The van der Waals surface area contributed by atoms with E-state index in [-0.39, 0.29) is 25.9 Å². The van der Waals surface area contributed by atoms with E-state index in [0.717, 1.165) is 4.90 Å². The number of ketones is 1. The zero-order valence-corrected chi connectivity index (χ0v) is 21.1. The predicted molar refractivity (Wildman–Crippen MR) is 119 cm³/mol. The molecule has 4 amide bonds. The summed E-state index contributed by atoms with van der Waals surface area (Å²) in [5, 5.41) is 7.23. The smallest absolute Gasteiger partial charge is 0.356 e. The number of nitrogens with zero attached hydrogens (tertiary/aromatic N) is 1. The van der Waals surface area contributed by atoms with Crippen LogP contribution in [0.1, 0.15) is 46.5 Å². The molecule has 2 heterocycles. The maximum atomic E-state index is 14.2. The summed E-state index contributed by atoms with van der Waals surface area (Å²) in [4.78, 5) is 64.4. The van der Waals surface area contributed by atoms with Gasteiger partial charge in [-0.15, -0.1) is 13.2 Å². The largest absolute Gasteiger partial charge is 0.522 e. The van der Waals surface area contributed by atoms with E-state index >= 15 is 0 Å². The first kappa shape index (κ1) is 29.7. The second kappa shape index (κ2) is 10.7. The van der Waals surface area contributed by atoms with Crippen LogP contribution in [0.2, 0.25) is 0 Å². The van der Waals surface area contributed by atoms with Gasteiger partial charge in [0.25, 0.3) is 0 Å². The maximum absolute atomic E-state index is 14.2. The van der Waals surface area contributed by atoms with Crippen LogP contribution in [-0.4, -0.2) is 83.9 Å². The Hall–Kier alpha value is -2.84. The fourth-order valence-corrected chi connectivity index (χ4v) is 5.30. The molecule has 0 aromatic heterocycles. The van der Waals surface area contributed by atoms with Crippen LogP contribution in [0.5, 0.6) is 0 Å². The average Bonchev–Trinajstić information content (AvgIpc) is 3.40. The van der Waals surface area contributed by atoms with E-state index < -0.39 is 96.5 Å². The Kier molecular flexibility index (Phi) is 8.39. The van der Waals surface area contributed by atoms with E-state index in [0.29, 0.717) is 0 Å². The zero-order chi connectivity index (χ0) is 28.6. The first-order valence-electron chi connectivity index (χ1n) is 12.2. The molecule has 0 spiro atoms. The standard InChI is InChI=1S/C23H31F5N4O6/c1-21(2,3)31-19(36)20(37)32-9-12-7-22(24,25)8-13(12)16(32)18(35)30-14(6-11-4-5-29-17(11)34)15(33)10-38-23(26,27)28/h11-14,16H,4-10H2,1-3H3,(H,29,34)(H,30,35)(H,31,36)/t11-,12-,13-,14?,16-/m0/s1. The topological polar surface area (TPSA) is 134 Å². The number of amides is 4. The van der Waals surface area contributed by atoms with Crippen LogP contribution in [0.25, 0.3) is 0 Å². The number of likely N-dealkylation sites (tertiary alicyclic amines) is 1. The van der Waals surface area contributed by atoms with E-state index in [2.05, 4.69) is 20.7 Å². The molecule has 3 rings (SSSR count). The average molecular weight is 555 g/mol. The molecule has 3 aliphatic rings. The van der Waals surface area contributed by atoms with Crippen LogP contribution in [0, 0.1) is 17.8 Å². The van der Waals surface area contributed by atoms with Gasteiger partial charge in [-0.2, -0.15) is 0 Å². The number of hydrogen-bond acceptors (Lipinski definition) is 6. The fourth-order valence-electron chi connectivity index (χ4n) is 5.30. The Morgan fingerprint density at radius 2 is 1.82 bits per heavy atom. The zero-order valence-electron chi connectivity index (χ0n) is 21.1. The molecule has 3 N–H and O–H groups in total. The van der Waals surface area contributed by atoms with Crippen LogP contribution in [0.3, 0.4) is 0 Å². The molecule has 15 heteroatoms. The van der Waals surface area contributed by atoms with Crippen molar-refractivity contribution in [1.29, 1.82) is 0 Å². The third-order valence-corrected chi connectivity index (χ3v) is 6.85. The number of halogens is 5. The van der Waals surface area contributed by atoms with Gasteiger partial charge in [0.15, 0.2) is 5.78 Å². The van der Waals surface area contributed by atoms with Crippen molar-refractivity contribution in [1.82, 2.24) is 20.9 Å². The van der Waals surface area contributed by atoms with Gasteiger partial charge >= 0.3 is 18.2 Å². The summed E-state index contributed by atoms with van der Waals surface area (Å²) in [7, 11) is 0. The first-order valence-corrected chi connectivity index (χ1v) is 12.2. The third kappa shape index (κ3) is 7.38. The van der Waals surface area contributed by atoms with Gasteiger partial charge in [0.05, 0.1) is 6.04 Å². The number of carbonyl (C=O) groups excluding carboxylic acids is 5. The lowest BCUT2D eigenvalue weighted by Gasteiger charge is -2.30. The van der Waals surface area contributed by atoms with Gasteiger partial charge < -0.3 is 20.9 Å². The highest BCUT2D eigenvalue weighted by molar-refractivity contribution is 6.35. The van der Waals surface area contributed by atoms with Gasteiger partial charge in [0.2, 0.25) is 17.7 Å². The number of rotatable bonds is 7. The second-order valence-electron chi connectivity index (χ2n) is 11.1. The van der Waals surface area contributed by atoms with Crippen molar-refractivity contribution >= 4 is 29.4 Å².